The number of ether oxygens (including phenoxy) is 3. The van der Waals surface area contributed by atoms with Gasteiger partial charge in [-0.1, -0.05) is 0 Å². The number of aliphatic carboxylic acids is 1. The van der Waals surface area contributed by atoms with Gasteiger partial charge in [-0.15, -0.1) is 0 Å². The second-order valence-electron chi connectivity index (χ2n) is 4.99. The second kappa shape index (κ2) is 11.1. The van der Waals surface area contributed by atoms with E-state index in [1.165, 1.54) is 19.3 Å². The zero-order valence-corrected chi connectivity index (χ0v) is 16.0. The number of halogens is 1. The zero-order valence-electron chi connectivity index (χ0n) is 14.4. The molecular weight excluding hydrogens is 408 g/mol. The van der Waals surface area contributed by atoms with E-state index in [9.17, 15) is 14.9 Å². The highest BCUT2D eigenvalue weighted by atomic mass is 79.9. The Morgan fingerprint density at radius 3 is 2.69 bits per heavy atom. The fourth-order valence-corrected chi connectivity index (χ4v) is 2.50. The van der Waals surface area contributed by atoms with Crippen LogP contribution in [0.25, 0.3) is 6.08 Å². The number of nitrogens with zero attached hydrogens (tertiary/aromatic N) is 1. The summed E-state index contributed by atoms with van der Waals surface area (Å²) in [6.07, 6.45) is 2.04. The number of benzene rings is 1. The number of carbonyl (C=O) groups excluding carboxylic acids is 1. The third-order valence-electron chi connectivity index (χ3n) is 3.08. The third kappa shape index (κ3) is 6.74. The third-order valence-corrected chi connectivity index (χ3v) is 3.67. The van der Waals surface area contributed by atoms with Crippen LogP contribution in [0.4, 0.5) is 0 Å². The van der Waals surface area contributed by atoms with Crippen molar-refractivity contribution in [2.45, 2.75) is 6.42 Å². The lowest BCUT2D eigenvalue weighted by molar-refractivity contribution is -0.139. The summed E-state index contributed by atoms with van der Waals surface area (Å²) >= 11 is 3.27. The molecule has 0 fully saturated rings. The van der Waals surface area contributed by atoms with Gasteiger partial charge in [-0.3, -0.25) is 4.79 Å². The van der Waals surface area contributed by atoms with E-state index in [0.29, 0.717) is 29.6 Å². The molecular formula is C17H19BrN2O6. The summed E-state index contributed by atoms with van der Waals surface area (Å²) in [6.45, 7) is 0.367. The molecule has 26 heavy (non-hydrogen) atoms. The van der Waals surface area contributed by atoms with Crippen molar-refractivity contribution < 1.29 is 28.9 Å². The Hall–Kier alpha value is -2.57. The van der Waals surface area contributed by atoms with Gasteiger partial charge in [0.05, 0.1) is 11.6 Å². The Morgan fingerprint density at radius 2 is 2.12 bits per heavy atom. The van der Waals surface area contributed by atoms with Crippen LogP contribution in [0.5, 0.6) is 11.5 Å². The van der Waals surface area contributed by atoms with E-state index in [0.717, 1.165) is 0 Å². The van der Waals surface area contributed by atoms with Gasteiger partial charge in [-0.05, 0) is 46.1 Å². The van der Waals surface area contributed by atoms with Gasteiger partial charge in [0, 0.05) is 20.3 Å². The second-order valence-corrected chi connectivity index (χ2v) is 5.84. The van der Waals surface area contributed by atoms with Crippen molar-refractivity contribution in [3.63, 3.8) is 0 Å². The van der Waals surface area contributed by atoms with Crippen molar-refractivity contribution in [1.29, 1.82) is 5.26 Å². The minimum absolute atomic E-state index is 0.0735. The number of nitriles is 1. The van der Waals surface area contributed by atoms with Crippen molar-refractivity contribution in [3.8, 4) is 17.6 Å². The van der Waals surface area contributed by atoms with E-state index in [-0.39, 0.29) is 17.1 Å². The number of amides is 1. The molecule has 0 saturated carbocycles. The van der Waals surface area contributed by atoms with E-state index in [2.05, 4.69) is 21.2 Å². The summed E-state index contributed by atoms with van der Waals surface area (Å²) in [4.78, 5) is 22.7. The predicted molar refractivity (Wildman–Crippen MR) is 96.9 cm³/mol. The van der Waals surface area contributed by atoms with Crippen molar-refractivity contribution in [1.82, 2.24) is 5.32 Å². The van der Waals surface area contributed by atoms with Gasteiger partial charge >= 0.3 is 5.97 Å². The van der Waals surface area contributed by atoms with Crippen molar-refractivity contribution in [2.75, 3.05) is 34.0 Å². The van der Waals surface area contributed by atoms with Gasteiger partial charge in [-0.2, -0.15) is 5.26 Å². The molecule has 1 amide bonds. The van der Waals surface area contributed by atoms with Crippen LogP contribution in [-0.4, -0.2) is 51.0 Å². The van der Waals surface area contributed by atoms with Crippen molar-refractivity contribution in [3.05, 3.63) is 27.7 Å². The lowest BCUT2D eigenvalue weighted by Gasteiger charge is -2.12. The standard InChI is InChI=1S/C17H19BrN2O6/c1-24-5-3-4-20-17(23)12(9-19)6-11-7-13(18)16(14(8-11)25-2)26-10-15(21)22/h6-8H,3-5,10H2,1-2H3,(H,20,23)(H,21,22)/b12-6+. The van der Waals surface area contributed by atoms with Gasteiger partial charge in [0.25, 0.3) is 5.91 Å². The molecule has 0 aliphatic rings. The molecule has 9 heteroatoms. The SMILES string of the molecule is COCCCNC(=O)/C(C#N)=C/c1cc(Br)c(OCC(=O)O)c(OC)c1. The topological polar surface area (TPSA) is 118 Å². The van der Waals surface area contributed by atoms with E-state index < -0.39 is 18.5 Å². The lowest BCUT2D eigenvalue weighted by Crippen LogP contribution is -2.26. The normalized spacial score (nSPS) is 10.8. The molecule has 1 aromatic carbocycles. The first-order chi connectivity index (χ1) is 12.4. The van der Waals surface area contributed by atoms with Gasteiger partial charge in [0.15, 0.2) is 18.1 Å². The summed E-state index contributed by atoms with van der Waals surface area (Å²) < 4.78 is 15.7. The van der Waals surface area contributed by atoms with Crippen molar-refractivity contribution in [2.24, 2.45) is 0 Å². The molecule has 0 radical (unpaired) electrons. The van der Waals surface area contributed by atoms with Crippen LogP contribution in [-0.2, 0) is 14.3 Å². The number of nitrogens with one attached hydrogen (secondary N) is 1. The van der Waals surface area contributed by atoms with E-state index in [4.69, 9.17) is 19.3 Å². The lowest BCUT2D eigenvalue weighted by atomic mass is 10.1. The monoisotopic (exact) mass is 426 g/mol. The Labute approximate surface area is 159 Å². The van der Waals surface area contributed by atoms with E-state index >= 15 is 0 Å². The molecule has 8 nitrogen and oxygen atoms in total. The minimum atomic E-state index is -1.13. The van der Waals surface area contributed by atoms with Gasteiger partial charge < -0.3 is 24.6 Å². The maximum atomic E-state index is 12.0. The molecule has 1 aromatic rings. The summed E-state index contributed by atoms with van der Waals surface area (Å²) in [5.74, 6) is -1.14. The first kappa shape index (κ1) is 21.5. The summed E-state index contributed by atoms with van der Waals surface area (Å²) in [5, 5.41) is 20.6. The highest BCUT2D eigenvalue weighted by Crippen LogP contribution is 2.37. The van der Waals surface area contributed by atoms with Crippen LogP contribution in [0.2, 0.25) is 0 Å². The van der Waals surface area contributed by atoms with Gasteiger partial charge in [-0.25, -0.2) is 4.79 Å². The first-order valence-electron chi connectivity index (χ1n) is 7.54. The smallest absolute Gasteiger partial charge is 0.341 e. The molecule has 0 aliphatic heterocycles. The number of rotatable bonds is 10. The maximum absolute atomic E-state index is 12.0. The molecule has 0 spiro atoms. The average molecular weight is 427 g/mol. The number of hydrogen-bond acceptors (Lipinski definition) is 6. The molecule has 140 valence electrons. The molecule has 0 saturated heterocycles. The van der Waals surface area contributed by atoms with Crippen LogP contribution < -0.4 is 14.8 Å². The van der Waals surface area contributed by atoms with Crippen LogP contribution >= 0.6 is 15.9 Å². The largest absolute Gasteiger partial charge is 0.493 e. The number of carboxylic acids is 1. The van der Waals surface area contributed by atoms with Crippen LogP contribution in [0.1, 0.15) is 12.0 Å². The molecule has 1 rings (SSSR count). The Morgan fingerprint density at radius 1 is 1.38 bits per heavy atom. The highest BCUT2D eigenvalue weighted by Gasteiger charge is 2.14. The number of hydrogen-bond donors (Lipinski definition) is 2. The fraction of sp³-hybridized carbons (Fsp3) is 0.353. The fourth-order valence-electron chi connectivity index (χ4n) is 1.93. The zero-order chi connectivity index (χ0) is 19.5. The first-order valence-corrected chi connectivity index (χ1v) is 8.33. The van der Waals surface area contributed by atoms with Crippen LogP contribution in [0, 0.1) is 11.3 Å². The van der Waals surface area contributed by atoms with Crippen LogP contribution in [0.15, 0.2) is 22.2 Å². The Kier molecular flexibility index (Phi) is 9.19. The summed E-state index contributed by atoms with van der Waals surface area (Å²) in [7, 11) is 2.97. The van der Waals surface area contributed by atoms with Gasteiger partial charge in [0.1, 0.15) is 11.6 Å². The molecule has 0 aliphatic carbocycles. The maximum Gasteiger partial charge on any atom is 0.341 e. The Balaban J connectivity index is 3.00. The minimum Gasteiger partial charge on any atom is -0.493 e. The molecule has 0 heterocycles. The Bertz CT molecular complexity index is 727. The average Bonchev–Trinajstić information content (AvgIpc) is 2.61. The molecule has 0 atom stereocenters. The van der Waals surface area contributed by atoms with E-state index in [1.54, 1.807) is 13.2 Å². The van der Waals surface area contributed by atoms with E-state index in [1.807, 2.05) is 6.07 Å². The predicted octanol–water partition coefficient (Wildman–Crippen LogP) is 1.98. The number of methoxy groups -OCH3 is 2. The number of carbonyl (C=O) groups is 2. The summed E-state index contributed by atoms with van der Waals surface area (Å²) in [6, 6.07) is 4.99. The number of carboxylic acid groups (broad SMARTS) is 1. The molecule has 0 unspecified atom stereocenters. The van der Waals surface area contributed by atoms with Crippen LogP contribution in [0.3, 0.4) is 0 Å². The van der Waals surface area contributed by atoms with Gasteiger partial charge in [0.2, 0.25) is 0 Å². The molecule has 2 N–H and O–H groups in total. The molecule has 0 bridgehead atoms. The quantitative estimate of drug-likeness (QED) is 0.333. The molecule has 0 aromatic heterocycles. The van der Waals surface area contributed by atoms with Crippen molar-refractivity contribution >= 4 is 33.9 Å². The highest BCUT2D eigenvalue weighted by molar-refractivity contribution is 9.10. The summed E-state index contributed by atoms with van der Waals surface area (Å²) in [5.41, 5.74) is 0.440.